The van der Waals surface area contributed by atoms with Gasteiger partial charge in [0.15, 0.2) is 23.8 Å². The lowest BCUT2D eigenvalue weighted by Crippen LogP contribution is -2.61. The molecule has 1 amide bonds. The van der Waals surface area contributed by atoms with E-state index in [4.69, 9.17) is 28.4 Å². The molecule has 5 heterocycles. The van der Waals surface area contributed by atoms with Crippen LogP contribution in [0.15, 0.2) is 72.9 Å². The number of amides is 1. The van der Waals surface area contributed by atoms with Gasteiger partial charge in [0.2, 0.25) is 0 Å². The average Bonchev–Trinajstić information content (AvgIpc) is 3.92. The Morgan fingerprint density at radius 2 is 1.66 bits per heavy atom. The molecule has 4 aliphatic heterocycles. The molecule has 0 aliphatic carbocycles. The molecule has 386 valence electrons. The molecule has 7 rings (SSSR count). The van der Waals surface area contributed by atoms with Crippen molar-refractivity contribution in [1.82, 2.24) is 19.7 Å². The van der Waals surface area contributed by atoms with Crippen molar-refractivity contribution in [2.75, 3.05) is 40.3 Å². The number of rotatable bonds is 13. The van der Waals surface area contributed by atoms with Gasteiger partial charge in [-0.15, -0.1) is 0 Å². The van der Waals surface area contributed by atoms with E-state index in [9.17, 15) is 14.4 Å². The van der Waals surface area contributed by atoms with Crippen molar-refractivity contribution in [2.45, 2.75) is 154 Å². The van der Waals surface area contributed by atoms with Crippen LogP contribution in [0.4, 0.5) is 4.79 Å². The number of carbonyl (C=O) groups is 5. The number of pyridine rings is 1. The number of likely N-dealkylation sites (N-methyl/N-ethyl adjacent to an activating group) is 2. The molecule has 15 nitrogen and oxygen atoms in total. The van der Waals surface area contributed by atoms with Gasteiger partial charge in [-0.3, -0.25) is 29.2 Å². The number of benzene rings is 2. The molecule has 0 radical (unpaired) electrons. The molecule has 0 unspecified atom stereocenters. The van der Waals surface area contributed by atoms with E-state index in [0.717, 1.165) is 42.4 Å². The minimum absolute atomic E-state index is 0.0249. The number of hydrogen-bond donors (Lipinski definition) is 0. The van der Waals surface area contributed by atoms with Crippen molar-refractivity contribution in [3.05, 3.63) is 84.1 Å². The average molecular weight is 981 g/mol. The highest BCUT2D eigenvalue weighted by Crippen LogP contribution is 2.44. The SMILES string of the molecule is CC[C@H]1OC(=O)[C@H](C)C(=O)[C@H](C)[C@@H](O[C@@H]2O[C@H](C)C[C@H](N(C)C)[C@H]2OC(=O)c2ccccc2)[C@](C)(OC/C=C/c2cnc3ccccc3c2)C[C@@H](C)C(=O)[C@H](C)[C@H]2N(C[C@@H]3CCCN3CC)C(=O)O[C@]12C. The number of carbonyl (C=O) groups excluding carboxylic acids is 5. The number of esters is 2. The summed E-state index contributed by atoms with van der Waals surface area (Å²) in [6.45, 7) is 18.4. The van der Waals surface area contributed by atoms with Crippen molar-refractivity contribution < 1.29 is 52.4 Å². The predicted octanol–water partition coefficient (Wildman–Crippen LogP) is 8.17. The first-order chi connectivity index (χ1) is 33.8. The number of cyclic esters (lactones) is 1. The standard InChI is InChI=1S/C56H76N4O11/c1-12-45-56(9)49(60(54(65)71-56)33-42-25-19-27-59(42)13-2)36(5)46(61)34(3)31-55(8,66-28-20-21-39-30-41-24-17-18-26-43(41)57-32-39)50(37(6)47(62)38(7)51(63)68-45)70-53-48(44(58(10)11)29-35(4)67-53)69-52(64)40-22-15-14-16-23-40/h14-18,20-24,26,30,32,34-38,42,44-45,48-50,53H,12-13,19,25,27-29,31,33H2,1-11H3/b21-20+/t34-,35-,36+,37+,38-,42+,44+,45-,48-,49-,50-,53+,55-,56-/m1/s1. The Morgan fingerprint density at radius 3 is 2.37 bits per heavy atom. The highest BCUT2D eigenvalue weighted by Gasteiger charge is 2.61. The van der Waals surface area contributed by atoms with Crippen molar-refractivity contribution in [2.24, 2.45) is 23.7 Å². The summed E-state index contributed by atoms with van der Waals surface area (Å²) in [5.74, 6) is -5.91. The van der Waals surface area contributed by atoms with Gasteiger partial charge in [0.25, 0.3) is 0 Å². The number of Topliss-reactive ketones (excluding diaryl/α,β-unsaturated/α-hetero) is 2. The minimum atomic E-state index is -1.45. The number of hydrogen-bond acceptors (Lipinski definition) is 14. The molecule has 4 aliphatic rings. The molecule has 1 aromatic heterocycles. The van der Waals surface area contributed by atoms with Gasteiger partial charge in [0.05, 0.1) is 47.6 Å². The van der Waals surface area contributed by atoms with Gasteiger partial charge < -0.3 is 33.3 Å². The van der Waals surface area contributed by atoms with Crippen molar-refractivity contribution >= 4 is 46.6 Å². The second kappa shape index (κ2) is 22.8. The number of ether oxygens (including phenoxy) is 6. The van der Waals surface area contributed by atoms with E-state index >= 15 is 9.59 Å². The molecular weight excluding hydrogens is 905 g/mol. The first kappa shape index (κ1) is 53.7. The number of fused-ring (bicyclic) bond motifs is 2. The molecule has 71 heavy (non-hydrogen) atoms. The molecular formula is C56H76N4O11. The monoisotopic (exact) mass is 981 g/mol. The zero-order valence-electron chi connectivity index (χ0n) is 43.6. The fourth-order valence-electron chi connectivity index (χ4n) is 11.8. The molecule has 14 atom stereocenters. The van der Waals surface area contributed by atoms with E-state index in [2.05, 4.69) is 16.8 Å². The fourth-order valence-corrected chi connectivity index (χ4v) is 11.8. The molecule has 0 N–H and O–H groups in total. The molecule has 4 saturated heterocycles. The van der Waals surface area contributed by atoms with Crippen LogP contribution in [0.5, 0.6) is 0 Å². The topological polar surface area (TPSA) is 163 Å². The lowest BCUT2D eigenvalue weighted by molar-refractivity contribution is -0.296. The van der Waals surface area contributed by atoms with Crippen LogP contribution in [0.2, 0.25) is 0 Å². The highest BCUT2D eigenvalue weighted by molar-refractivity contribution is 6.00. The molecule has 4 fully saturated rings. The summed E-state index contributed by atoms with van der Waals surface area (Å²) < 4.78 is 39.7. The lowest BCUT2D eigenvalue weighted by atomic mass is 9.73. The first-order valence-corrected chi connectivity index (χ1v) is 25.7. The zero-order chi connectivity index (χ0) is 51.4. The van der Waals surface area contributed by atoms with E-state index in [1.165, 1.54) is 6.92 Å². The number of aromatic nitrogens is 1. The van der Waals surface area contributed by atoms with Crippen LogP contribution in [0.3, 0.4) is 0 Å². The van der Waals surface area contributed by atoms with E-state index in [0.29, 0.717) is 18.5 Å². The number of likely N-dealkylation sites (tertiary alicyclic amines) is 1. The zero-order valence-corrected chi connectivity index (χ0v) is 43.6. The third-order valence-corrected chi connectivity index (χ3v) is 15.7. The van der Waals surface area contributed by atoms with Crippen molar-refractivity contribution in [3.63, 3.8) is 0 Å². The van der Waals surface area contributed by atoms with Crippen LogP contribution in [0, 0.1) is 23.7 Å². The summed E-state index contributed by atoms with van der Waals surface area (Å²) in [6, 6.07) is 17.4. The van der Waals surface area contributed by atoms with E-state index in [-0.39, 0.29) is 43.4 Å². The summed E-state index contributed by atoms with van der Waals surface area (Å²) in [5.41, 5.74) is -0.817. The first-order valence-electron chi connectivity index (χ1n) is 25.7. The van der Waals surface area contributed by atoms with Crippen LogP contribution >= 0.6 is 0 Å². The third-order valence-electron chi connectivity index (χ3n) is 15.7. The van der Waals surface area contributed by atoms with Crippen LogP contribution in [0.1, 0.15) is 110 Å². The Labute approximate surface area is 419 Å². The van der Waals surface area contributed by atoms with Crippen LogP contribution in [0.25, 0.3) is 17.0 Å². The predicted molar refractivity (Wildman–Crippen MR) is 269 cm³/mol. The van der Waals surface area contributed by atoms with Crippen molar-refractivity contribution in [3.8, 4) is 0 Å². The van der Waals surface area contributed by atoms with Gasteiger partial charge >= 0.3 is 18.0 Å². The smallest absolute Gasteiger partial charge is 0.410 e. The van der Waals surface area contributed by atoms with Gasteiger partial charge in [-0.05, 0) is 117 Å². The molecule has 2 aromatic carbocycles. The molecule has 0 saturated carbocycles. The van der Waals surface area contributed by atoms with Crippen LogP contribution in [-0.2, 0) is 42.8 Å². The van der Waals surface area contributed by atoms with E-state index < -0.39 is 89.3 Å². The Bertz CT molecular complexity index is 2400. The minimum Gasteiger partial charge on any atom is -0.458 e. The second-order valence-corrected chi connectivity index (χ2v) is 21.0. The molecule has 0 bridgehead atoms. The maximum Gasteiger partial charge on any atom is 0.410 e. The van der Waals surface area contributed by atoms with Gasteiger partial charge in [-0.2, -0.15) is 0 Å². The van der Waals surface area contributed by atoms with Gasteiger partial charge in [-0.25, -0.2) is 9.59 Å². The highest BCUT2D eigenvalue weighted by atomic mass is 16.7. The normalized spacial score (nSPS) is 34.6. The quantitative estimate of drug-likeness (QED) is 0.0916. The third kappa shape index (κ3) is 11.6. The van der Waals surface area contributed by atoms with Crippen molar-refractivity contribution in [1.29, 1.82) is 0 Å². The Balaban J connectivity index is 1.31. The summed E-state index contributed by atoms with van der Waals surface area (Å²) >= 11 is 0. The summed E-state index contributed by atoms with van der Waals surface area (Å²) in [7, 11) is 3.80. The largest absolute Gasteiger partial charge is 0.458 e. The number of nitrogens with zero attached hydrogens (tertiary/aromatic N) is 4. The number of para-hydroxylation sites is 1. The van der Waals surface area contributed by atoms with Crippen LogP contribution < -0.4 is 0 Å². The molecule has 15 heteroatoms. The number of ketones is 2. The maximum atomic E-state index is 15.4. The van der Waals surface area contributed by atoms with E-state index in [1.54, 1.807) is 49.2 Å². The second-order valence-electron chi connectivity index (χ2n) is 21.0. The Morgan fingerprint density at radius 1 is 0.944 bits per heavy atom. The van der Waals surface area contributed by atoms with E-state index in [1.807, 2.05) is 102 Å². The maximum absolute atomic E-state index is 15.4. The summed E-state index contributed by atoms with van der Waals surface area (Å²) in [4.78, 5) is 83.6. The van der Waals surface area contributed by atoms with Gasteiger partial charge in [-0.1, -0.05) is 83.2 Å². The van der Waals surface area contributed by atoms with Gasteiger partial charge in [0, 0.05) is 41.9 Å². The Hall–Kier alpha value is -5.06. The molecule has 3 aromatic rings. The molecule has 0 spiro atoms. The van der Waals surface area contributed by atoms with Crippen LogP contribution in [-0.4, -0.2) is 150 Å². The van der Waals surface area contributed by atoms with Gasteiger partial charge in [0.1, 0.15) is 17.8 Å². The summed E-state index contributed by atoms with van der Waals surface area (Å²) in [5, 5.41) is 0.976. The fraction of sp³-hybridized carbons (Fsp3) is 0.607. The lowest BCUT2D eigenvalue weighted by Gasteiger charge is -2.48. The summed E-state index contributed by atoms with van der Waals surface area (Å²) in [6.07, 6.45) is 2.92. The Kier molecular flexibility index (Phi) is 17.2.